The van der Waals surface area contributed by atoms with Crippen LogP contribution in [0.25, 0.3) is 0 Å². The Bertz CT molecular complexity index is 308. The molecule has 2 rings (SSSR count). The lowest BCUT2D eigenvalue weighted by molar-refractivity contribution is -0.150. The van der Waals surface area contributed by atoms with E-state index in [9.17, 15) is 9.90 Å². The Morgan fingerprint density at radius 2 is 2.15 bits per heavy atom. The topological polar surface area (TPSA) is 61.8 Å². The highest BCUT2D eigenvalue weighted by Crippen LogP contribution is 2.24. The highest BCUT2D eigenvalue weighted by atomic mass is 16.5. The summed E-state index contributed by atoms with van der Waals surface area (Å²) >= 11 is 0. The molecule has 2 saturated heterocycles. The van der Waals surface area contributed by atoms with E-state index in [4.69, 9.17) is 4.74 Å². The van der Waals surface area contributed by atoms with Crippen LogP contribution in [-0.2, 0) is 9.53 Å². The summed E-state index contributed by atoms with van der Waals surface area (Å²) in [4.78, 5) is 14.5. The highest BCUT2D eigenvalue weighted by Gasteiger charge is 2.35. The molecule has 0 aliphatic carbocycles. The summed E-state index contributed by atoms with van der Waals surface area (Å²) in [6, 6.07) is 0. The Kier molecular flexibility index (Phi) is 5.81. The number of piperidine rings is 1. The normalized spacial score (nSPS) is 29.3. The first-order valence-corrected chi connectivity index (χ1v) is 7.93. The van der Waals surface area contributed by atoms with Gasteiger partial charge in [0.1, 0.15) is 5.60 Å². The summed E-state index contributed by atoms with van der Waals surface area (Å²) < 4.78 is 5.64. The molecule has 2 aliphatic rings. The van der Waals surface area contributed by atoms with Crippen molar-refractivity contribution in [2.45, 2.75) is 57.2 Å². The quantitative estimate of drug-likeness (QED) is 0.737. The van der Waals surface area contributed by atoms with Gasteiger partial charge in [-0.1, -0.05) is 0 Å². The van der Waals surface area contributed by atoms with Gasteiger partial charge < -0.3 is 20.1 Å². The molecule has 0 spiro atoms. The van der Waals surface area contributed by atoms with Crippen molar-refractivity contribution < 1.29 is 14.6 Å². The molecular formula is C15H28N2O3. The molecule has 2 N–H and O–H groups in total. The number of carbonyl (C=O) groups is 1. The minimum Gasteiger partial charge on any atom is -0.393 e. The number of rotatable bonds is 5. The van der Waals surface area contributed by atoms with Gasteiger partial charge in [-0.3, -0.25) is 4.79 Å². The van der Waals surface area contributed by atoms with Crippen LogP contribution >= 0.6 is 0 Å². The zero-order valence-corrected chi connectivity index (χ0v) is 12.6. The van der Waals surface area contributed by atoms with Gasteiger partial charge in [0.2, 0.25) is 0 Å². The summed E-state index contributed by atoms with van der Waals surface area (Å²) in [6.07, 6.45) is 5.54. The molecule has 0 aromatic heterocycles. The maximum absolute atomic E-state index is 12.1. The van der Waals surface area contributed by atoms with Crippen LogP contribution in [0.2, 0.25) is 0 Å². The van der Waals surface area contributed by atoms with E-state index in [1.165, 1.54) is 0 Å². The van der Waals surface area contributed by atoms with Gasteiger partial charge in [0.05, 0.1) is 6.10 Å². The lowest BCUT2D eigenvalue weighted by Crippen LogP contribution is -2.49. The van der Waals surface area contributed by atoms with E-state index in [2.05, 4.69) is 10.2 Å². The SMILES string of the molecule is CC1(C(=O)NCCCN2CCC(O)CC2)CCCCO1. The molecule has 0 aromatic rings. The molecule has 0 saturated carbocycles. The molecule has 0 radical (unpaired) electrons. The van der Waals surface area contributed by atoms with E-state index in [1.54, 1.807) is 0 Å². The molecule has 1 atom stereocenters. The molecule has 2 fully saturated rings. The van der Waals surface area contributed by atoms with Crippen LogP contribution in [0.5, 0.6) is 0 Å². The number of hydrogen-bond donors (Lipinski definition) is 2. The van der Waals surface area contributed by atoms with Gasteiger partial charge in [-0.25, -0.2) is 0 Å². The fourth-order valence-corrected chi connectivity index (χ4v) is 2.95. The summed E-state index contributed by atoms with van der Waals surface area (Å²) in [5, 5.41) is 12.4. The van der Waals surface area contributed by atoms with Crippen molar-refractivity contribution in [1.82, 2.24) is 10.2 Å². The third kappa shape index (κ3) is 4.43. The Hall–Kier alpha value is -0.650. The van der Waals surface area contributed by atoms with Crippen LogP contribution in [0.3, 0.4) is 0 Å². The predicted molar refractivity (Wildman–Crippen MR) is 77.5 cm³/mol. The third-order valence-corrected chi connectivity index (χ3v) is 4.44. The second-order valence-electron chi connectivity index (χ2n) is 6.22. The molecule has 1 amide bonds. The van der Waals surface area contributed by atoms with Crippen molar-refractivity contribution in [3.05, 3.63) is 0 Å². The molecule has 2 heterocycles. The van der Waals surface area contributed by atoms with Crippen molar-refractivity contribution in [3.63, 3.8) is 0 Å². The second kappa shape index (κ2) is 7.38. The first-order valence-electron chi connectivity index (χ1n) is 7.93. The Morgan fingerprint density at radius 3 is 2.80 bits per heavy atom. The smallest absolute Gasteiger partial charge is 0.251 e. The van der Waals surface area contributed by atoms with Crippen molar-refractivity contribution in [2.24, 2.45) is 0 Å². The van der Waals surface area contributed by atoms with E-state index in [0.717, 1.165) is 58.2 Å². The number of aliphatic hydroxyl groups excluding tert-OH is 1. The van der Waals surface area contributed by atoms with Crippen molar-refractivity contribution in [1.29, 1.82) is 0 Å². The molecule has 0 aromatic carbocycles. The first-order chi connectivity index (χ1) is 9.60. The van der Waals surface area contributed by atoms with Gasteiger partial charge in [0.25, 0.3) is 5.91 Å². The fourth-order valence-electron chi connectivity index (χ4n) is 2.95. The third-order valence-electron chi connectivity index (χ3n) is 4.44. The first kappa shape index (κ1) is 15.7. The molecule has 2 aliphatic heterocycles. The number of hydrogen-bond acceptors (Lipinski definition) is 4. The van der Waals surface area contributed by atoms with Crippen molar-refractivity contribution in [3.8, 4) is 0 Å². The van der Waals surface area contributed by atoms with E-state index in [1.807, 2.05) is 6.92 Å². The minimum atomic E-state index is -0.618. The van der Waals surface area contributed by atoms with Gasteiger partial charge in [-0.2, -0.15) is 0 Å². The molecule has 5 heteroatoms. The number of aliphatic hydroxyl groups is 1. The van der Waals surface area contributed by atoms with E-state index in [-0.39, 0.29) is 12.0 Å². The van der Waals surface area contributed by atoms with Gasteiger partial charge in [0, 0.05) is 26.2 Å². The number of amides is 1. The Labute approximate surface area is 121 Å². The summed E-state index contributed by atoms with van der Waals surface area (Å²) in [6.45, 7) is 6.22. The van der Waals surface area contributed by atoms with Gasteiger partial charge in [-0.15, -0.1) is 0 Å². The average Bonchev–Trinajstić information content (AvgIpc) is 2.46. The standard InChI is InChI=1S/C15H28N2O3/c1-15(7-2-3-12-20-15)14(19)16-8-4-9-17-10-5-13(18)6-11-17/h13,18H,2-12H2,1H3,(H,16,19). The van der Waals surface area contributed by atoms with E-state index >= 15 is 0 Å². The van der Waals surface area contributed by atoms with E-state index in [0.29, 0.717) is 13.2 Å². The van der Waals surface area contributed by atoms with Crippen LogP contribution in [0.1, 0.15) is 45.4 Å². The number of nitrogens with one attached hydrogen (secondary N) is 1. The number of nitrogens with zero attached hydrogens (tertiary/aromatic N) is 1. The zero-order valence-electron chi connectivity index (χ0n) is 12.6. The molecule has 1 unspecified atom stereocenters. The fraction of sp³-hybridized carbons (Fsp3) is 0.933. The van der Waals surface area contributed by atoms with Gasteiger partial charge in [0.15, 0.2) is 0 Å². The maximum atomic E-state index is 12.1. The second-order valence-corrected chi connectivity index (χ2v) is 6.22. The zero-order chi connectivity index (χ0) is 14.4. The Morgan fingerprint density at radius 1 is 1.40 bits per heavy atom. The number of likely N-dealkylation sites (tertiary alicyclic amines) is 1. The maximum Gasteiger partial charge on any atom is 0.251 e. The lowest BCUT2D eigenvalue weighted by Gasteiger charge is -2.32. The average molecular weight is 284 g/mol. The molecule has 5 nitrogen and oxygen atoms in total. The lowest BCUT2D eigenvalue weighted by atomic mass is 9.95. The number of carbonyl (C=O) groups excluding carboxylic acids is 1. The molecule has 20 heavy (non-hydrogen) atoms. The van der Waals surface area contributed by atoms with Crippen LogP contribution in [0, 0.1) is 0 Å². The summed E-state index contributed by atoms with van der Waals surface area (Å²) in [7, 11) is 0. The van der Waals surface area contributed by atoms with Gasteiger partial charge in [-0.05, 0) is 52.0 Å². The van der Waals surface area contributed by atoms with Crippen LogP contribution in [-0.4, -0.2) is 60.4 Å². The monoisotopic (exact) mass is 284 g/mol. The number of ether oxygens (including phenoxy) is 1. The molecule has 116 valence electrons. The minimum absolute atomic E-state index is 0.0336. The van der Waals surface area contributed by atoms with E-state index < -0.39 is 5.60 Å². The predicted octanol–water partition coefficient (Wildman–Crippen LogP) is 0.909. The van der Waals surface area contributed by atoms with Crippen LogP contribution in [0.15, 0.2) is 0 Å². The van der Waals surface area contributed by atoms with Crippen molar-refractivity contribution >= 4 is 5.91 Å². The highest BCUT2D eigenvalue weighted by molar-refractivity contribution is 5.84. The summed E-state index contributed by atoms with van der Waals surface area (Å²) in [5.41, 5.74) is -0.618. The molecular weight excluding hydrogens is 256 g/mol. The molecule has 0 bridgehead atoms. The van der Waals surface area contributed by atoms with Crippen molar-refractivity contribution in [2.75, 3.05) is 32.8 Å². The largest absolute Gasteiger partial charge is 0.393 e. The van der Waals surface area contributed by atoms with Crippen LogP contribution < -0.4 is 5.32 Å². The Balaban J connectivity index is 1.59. The summed E-state index contributed by atoms with van der Waals surface area (Å²) in [5.74, 6) is 0.0336. The van der Waals surface area contributed by atoms with Gasteiger partial charge >= 0.3 is 0 Å². The van der Waals surface area contributed by atoms with Crippen LogP contribution in [0.4, 0.5) is 0 Å².